The lowest BCUT2D eigenvalue weighted by Crippen LogP contribution is -2.29. The van der Waals surface area contributed by atoms with E-state index in [2.05, 4.69) is 49.0 Å². The first-order chi connectivity index (χ1) is 9.19. The Hall–Kier alpha value is -0.550. The van der Waals surface area contributed by atoms with E-state index < -0.39 is 0 Å². The fraction of sp³-hybridized carbons (Fsp3) is 0.467. The quantitative estimate of drug-likeness (QED) is 0.736. The normalized spacial score (nSPS) is 13.3. The molecule has 0 aliphatic heterocycles. The molecule has 2 nitrogen and oxygen atoms in total. The second-order valence-corrected chi connectivity index (χ2v) is 7.24. The first-order valence-electron chi connectivity index (χ1n) is 6.62. The molecule has 0 amide bonds. The zero-order valence-corrected chi connectivity index (χ0v) is 13.1. The highest BCUT2D eigenvalue weighted by molar-refractivity contribution is 7.98. The molecule has 0 spiro atoms. The summed E-state index contributed by atoms with van der Waals surface area (Å²) in [5, 5.41) is 12.6. The summed E-state index contributed by atoms with van der Waals surface area (Å²) in [6, 6.07) is 9.03. The van der Waals surface area contributed by atoms with Crippen LogP contribution < -0.4 is 5.48 Å². The van der Waals surface area contributed by atoms with Crippen LogP contribution in [0.5, 0.6) is 0 Å². The monoisotopic (exact) mass is 295 g/mol. The minimum Gasteiger partial charge on any atom is -0.317 e. The van der Waals surface area contributed by atoms with Crippen molar-refractivity contribution in [2.45, 2.75) is 32.1 Å². The molecule has 1 aromatic carbocycles. The average Bonchev–Trinajstić information content (AvgIpc) is 2.84. The molecule has 0 aliphatic carbocycles. The molecule has 0 saturated heterocycles. The fourth-order valence-corrected chi connectivity index (χ4v) is 3.95. The molecule has 1 atom stereocenters. The van der Waals surface area contributed by atoms with E-state index in [9.17, 15) is 0 Å². The number of hydrogen-bond acceptors (Lipinski definition) is 4. The van der Waals surface area contributed by atoms with Crippen LogP contribution in [0.15, 0.2) is 29.6 Å². The van der Waals surface area contributed by atoms with Crippen molar-refractivity contribution in [2.24, 2.45) is 5.92 Å². The lowest BCUT2D eigenvalue weighted by Gasteiger charge is -2.16. The summed E-state index contributed by atoms with van der Waals surface area (Å²) in [7, 11) is 0. The van der Waals surface area contributed by atoms with Gasteiger partial charge < -0.3 is 5.21 Å². The summed E-state index contributed by atoms with van der Waals surface area (Å²) in [4.78, 5) is 0. The van der Waals surface area contributed by atoms with E-state index in [0.29, 0.717) is 5.92 Å². The van der Waals surface area contributed by atoms with Crippen LogP contribution in [0.4, 0.5) is 0 Å². The predicted molar refractivity (Wildman–Crippen MR) is 86.2 cm³/mol. The molecule has 104 valence electrons. The Morgan fingerprint density at radius 2 is 2.16 bits per heavy atom. The van der Waals surface area contributed by atoms with E-state index in [1.54, 1.807) is 11.3 Å². The highest BCUT2D eigenvalue weighted by Crippen LogP contribution is 2.24. The molecule has 2 N–H and O–H groups in total. The number of rotatable bonds is 7. The molecule has 0 radical (unpaired) electrons. The lowest BCUT2D eigenvalue weighted by atomic mass is 10.1. The van der Waals surface area contributed by atoms with E-state index in [4.69, 9.17) is 5.21 Å². The minimum absolute atomic E-state index is 0.190. The van der Waals surface area contributed by atoms with Crippen LogP contribution in [0, 0.1) is 5.92 Å². The fourth-order valence-electron chi connectivity index (χ4n) is 2.15. The largest absolute Gasteiger partial charge is 0.317 e. The molecule has 2 rings (SSSR count). The first kappa shape index (κ1) is 14.9. The molecule has 0 bridgehead atoms. The van der Waals surface area contributed by atoms with E-state index in [1.165, 1.54) is 15.6 Å². The molecular weight excluding hydrogens is 274 g/mol. The molecule has 19 heavy (non-hydrogen) atoms. The van der Waals surface area contributed by atoms with Crippen molar-refractivity contribution < 1.29 is 5.21 Å². The Balaban J connectivity index is 1.84. The third-order valence-corrected chi connectivity index (χ3v) is 5.12. The van der Waals surface area contributed by atoms with E-state index in [0.717, 1.165) is 17.9 Å². The van der Waals surface area contributed by atoms with Crippen molar-refractivity contribution in [2.75, 3.05) is 5.75 Å². The van der Waals surface area contributed by atoms with Crippen molar-refractivity contribution >= 4 is 33.2 Å². The first-order valence-corrected chi connectivity index (χ1v) is 8.66. The van der Waals surface area contributed by atoms with Gasteiger partial charge in [0.2, 0.25) is 0 Å². The SMILES string of the molecule is CC(C)CC(CSCc1ccc2sccc2c1)NO. The number of hydrogen-bond donors (Lipinski definition) is 2. The van der Waals surface area contributed by atoms with Crippen molar-refractivity contribution in [3.8, 4) is 0 Å². The highest BCUT2D eigenvalue weighted by atomic mass is 32.2. The maximum absolute atomic E-state index is 9.12. The number of hydroxylamine groups is 1. The van der Waals surface area contributed by atoms with Crippen molar-refractivity contribution in [1.29, 1.82) is 0 Å². The molecule has 1 unspecified atom stereocenters. The summed E-state index contributed by atoms with van der Waals surface area (Å²) in [5.41, 5.74) is 3.78. The van der Waals surface area contributed by atoms with E-state index >= 15 is 0 Å². The average molecular weight is 295 g/mol. The van der Waals surface area contributed by atoms with Crippen LogP contribution in [0.2, 0.25) is 0 Å². The number of thioether (sulfide) groups is 1. The third-order valence-electron chi connectivity index (χ3n) is 3.04. The van der Waals surface area contributed by atoms with Gasteiger partial charge in [-0.25, -0.2) is 5.48 Å². The molecule has 4 heteroatoms. The Morgan fingerprint density at radius 1 is 1.32 bits per heavy atom. The van der Waals surface area contributed by atoms with Gasteiger partial charge in [0.25, 0.3) is 0 Å². The van der Waals surface area contributed by atoms with Gasteiger partial charge in [-0.1, -0.05) is 19.9 Å². The Kier molecular flexibility index (Phi) is 5.70. The maximum Gasteiger partial charge on any atom is 0.0412 e. The number of fused-ring (bicyclic) bond motifs is 1. The second kappa shape index (κ2) is 7.29. The number of benzene rings is 1. The Bertz CT molecular complexity index is 510. The molecule has 0 fully saturated rings. The molecule has 1 heterocycles. The summed E-state index contributed by atoms with van der Waals surface area (Å²) in [6.07, 6.45) is 1.01. The van der Waals surface area contributed by atoms with Crippen LogP contribution in [0.1, 0.15) is 25.8 Å². The van der Waals surface area contributed by atoms with E-state index in [-0.39, 0.29) is 6.04 Å². The number of thiophene rings is 1. The molecule has 0 saturated carbocycles. The Morgan fingerprint density at radius 3 is 2.89 bits per heavy atom. The molecule has 2 aromatic rings. The summed E-state index contributed by atoms with van der Waals surface area (Å²) in [6.45, 7) is 4.36. The van der Waals surface area contributed by atoms with Crippen LogP contribution in [0.3, 0.4) is 0 Å². The highest BCUT2D eigenvalue weighted by Gasteiger charge is 2.09. The zero-order chi connectivity index (χ0) is 13.7. The van der Waals surface area contributed by atoms with Gasteiger partial charge >= 0.3 is 0 Å². The van der Waals surface area contributed by atoms with Gasteiger partial charge in [-0.2, -0.15) is 11.8 Å². The van der Waals surface area contributed by atoms with Crippen molar-refractivity contribution in [1.82, 2.24) is 5.48 Å². The molecule has 0 aliphatic rings. The van der Waals surface area contributed by atoms with Gasteiger partial charge in [0, 0.05) is 22.2 Å². The Labute approximate surface area is 123 Å². The van der Waals surface area contributed by atoms with Gasteiger partial charge in [0.05, 0.1) is 0 Å². The van der Waals surface area contributed by atoms with Crippen LogP contribution >= 0.6 is 23.1 Å². The standard InChI is InChI=1S/C15H21NOS2/c1-11(2)7-14(16-17)10-18-9-12-3-4-15-13(8-12)5-6-19-15/h3-6,8,11,14,16-17H,7,9-10H2,1-2H3. The van der Waals surface area contributed by atoms with Gasteiger partial charge in [-0.05, 0) is 46.9 Å². The van der Waals surface area contributed by atoms with Crippen molar-refractivity contribution in [3.05, 3.63) is 35.2 Å². The van der Waals surface area contributed by atoms with Gasteiger partial charge in [0.15, 0.2) is 0 Å². The minimum atomic E-state index is 0.190. The van der Waals surface area contributed by atoms with Crippen LogP contribution in [-0.4, -0.2) is 17.0 Å². The van der Waals surface area contributed by atoms with Crippen molar-refractivity contribution in [3.63, 3.8) is 0 Å². The summed E-state index contributed by atoms with van der Waals surface area (Å²) >= 11 is 3.66. The molecular formula is C15H21NOS2. The van der Waals surface area contributed by atoms with Gasteiger partial charge in [-0.3, -0.25) is 0 Å². The summed E-state index contributed by atoms with van der Waals surface area (Å²) < 4.78 is 1.35. The summed E-state index contributed by atoms with van der Waals surface area (Å²) in [5.74, 6) is 2.55. The van der Waals surface area contributed by atoms with Crippen LogP contribution in [0.25, 0.3) is 10.1 Å². The topological polar surface area (TPSA) is 32.3 Å². The zero-order valence-electron chi connectivity index (χ0n) is 11.4. The smallest absolute Gasteiger partial charge is 0.0412 e. The van der Waals surface area contributed by atoms with Gasteiger partial charge in [0.1, 0.15) is 0 Å². The number of nitrogens with one attached hydrogen (secondary N) is 1. The predicted octanol–water partition coefficient (Wildman–Crippen LogP) is 4.53. The lowest BCUT2D eigenvalue weighted by molar-refractivity contribution is 0.125. The third kappa shape index (κ3) is 4.49. The molecule has 1 aromatic heterocycles. The maximum atomic E-state index is 9.12. The van der Waals surface area contributed by atoms with Gasteiger partial charge in [-0.15, -0.1) is 11.3 Å². The van der Waals surface area contributed by atoms with Crippen LogP contribution in [-0.2, 0) is 5.75 Å². The second-order valence-electron chi connectivity index (χ2n) is 5.26. The van der Waals surface area contributed by atoms with E-state index in [1.807, 2.05) is 11.8 Å².